The van der Waals surface area contributed by atoms with Gasteiger partial charge >= 0.3 is 0 Å². The van der Waals surface area contributed by atoms with Crippen LogP contribution in [0.2, 0.25) is 10.0 Å². The first-order valence-corrected chi connectivity index (χ1v) is 11.8. The highest BCUT2D eigenvalue weighted by Crippen LogP contribution is 2.37. The molecule has 10 heteroatoms. The molecule has 0 spiro atoms. The molecule has 0 aliphatic heterocycles. The number of rotatable bonds is 6. The Morgan fingerprint density at radius 2 is 1.89 bits per heavy atom. The van der Waals surface area contributed by atoms with E-state index >= 15 is 0 Å². The summed E-state index contributed by atoms with van der Waals surface area (Å²) in [5.41, 5.74) is 5.59. The van der Waals surface area contributed by atoms with Crippen LogP contribution in [-0.2, 0) is 7.05 Å². The minimum atomic E-state index is -0.333. The van der Waals surface area contributed by atoms with Gasteiger partial charge in [0.15, 0.2) is 0 Å². The van der Waals surface area contributed by atoms with Crippen LogP contribution in [0, 0.1) is 18.3 Å². The third kappa shape index (κ3) is 4.67. The summed E-state index contributed by atoms with van der Waals surface area (Å²) in [7, 11) is 1.81. The van der Waals surface area contributed by atoms with Crippen molar-refractivity contribution in [2.24, 2.45) is 7.05 Å². The second-order valence-electron chi connectivity index (χ2n) is 8.28. The number of nitrogens with zero attached hydrogens (tertiary/aromatic N) is 6. The number of pyridine rings is 2. The molecule has 2 N–H and O–H groups in total. The van der Waals surface area contributed by atoms with Gasteiger partial charge in [-0.1, -0.05) is 40.5 Å². The number of aromatic nitrogens is 5. The summed E-state index contributed by atoms with van der Waals surface area (Å²) in [6, 6.07) is 15.1. The SMILES string of the molecule is Cc1ccc(Nc2c(C#N)cnc3c(Cl)cc(N[C@H](c4cccnc4)c4cn(C)nn4)cc23)cc1Cl. The van der Waals surface area contributed by atoms with Gasteiger partial charge in [-0.15, -0.1) is 5.10 Å². The van der Waals surface area contributed by atoms with Crippen molar-refractivity contribution in [1.82, 2.24) is 25.0 Å². The van der Waals surface area contributed by atoms with Crippen molar-refractivity contribution < 1.29 is 0 Å². The molecule has 5 aromatic rings. The molecule has 36 heavy (non-hydrogen) atoms. The predicted octanol–water partition coefficient (Wildman–Crippen LogP) is 6.19. The van der Waals surface area contributed by atoms with Crippen molar-refractivity contribution in [3.05, 3.63) is 99.7 Å². The van der Waals surface area contributed by atoms with Gasteiger partial charge in [0, 0.05) is 47.4 Å². The number of nitriles is 1. The Morgan fingerprint density at radius 1 is 1.06 bits per heavy atom. The summed E-state index contributed by atoms with van der Waals surface area (Å²) in [5, 5.41) is 26.8. The van der Waals surface area contributed by atoms with E-state index in [0.717, 1.165) is 22.5 Å². The van der Waals surface area contributed by atoms with Gasteiger partial charge in [-0.05, 0) is 48.4 Å². The van der Waals surface area contributed by atoms with Gasteiger partial charge in [-0.25, -0.2) is 0 Å². The zero-order chi connectivity index (χ0) is 25.2. The number of halogens is 2. The van der Waals surface area contributed by atoms with Crippen LogP contribution in [0.4, 0.5) is 17.1 Å². The Morgan fingerprint density at radius 3 is 2.58 bits per heavy atom. The van der Waals surface area contributed by atoms with E-state index in [1.807, 2.05) is 56.6 Å². The lowest BCUT2D eigenvalue weighted by Crippen LogP contribution is -2.13. The molecule has 3 aromatic heterocycles. The summed E-state index contributed by atoms with van der Waals surface area (Å²) in [5.74, 6) is 0. The number of aryl methyl sites for hydroxylation is 2. The fourth-order valence-electron chi connectivity index (χ4n) is 3.92. The van der Waals surface area contributed by atoms with Gasteiger partial charge in [0.25, 0.3) is 0 Å². The van der Waals surface area contributed by atoms with Crippen LogP contribution >= 0.6 is 23.2 Å². The van der Waals surface area contributed by atoms with Crippen molar-refractivity contribution in [2.45, 2.75) is 13.0 Å². The molecule has 0 fully saturated rings. The smallest absolute Gasteiger partial charge is 0.110 e. The molecule has 0 amide bonds. The number of hydrogen-bond donors (Lipinski definition) is 2. The standard InChI is InChI=1S/C26H20Cl2N8/c1-15-5-6-18(9-21(15)27)32-24-17(11-29)13-31-26-20(24)8-19(10-22(26)28)33-25(16-4-3-7-30-12-16)23-14-36(2)35-34-23/h3-10,12-14,25,33H,1-2H3,(H,31,32)/t25-/m1/s1. The van der Waals surface area contributed by atoms with Crippen molar-refractivity contribution in [3.63, 3.8) is 0 Å². The van der Waals surface area contributed by atoms with Crippen molar-refractivity contribution in [1.29, 1.82) is 5.26 Å². The highest BCUT2D eigenvalue weighted by molar-refractivity contribution is 6.36. The van der Waals surface area contributed by atoms with Gasteiger partial charge in [0.2, 0.25) is 0 Å². The highest BCUT2D eigenvalue weighted by atomic mass is 35.5. The molecule has 0 radical (unpaired) electrons. The van der Waals surface area contributed by atoms with Crippen molar-refractivity contribution in [3.8, 4) is 6.07 Å². The second kappa shape index (κ2) is 9.82. The number of fused-ring (bicyclic) bond motifs is 1. The van der Waals surface area contributed by atoms with Crippen LogP contribution < -0.4 is 10.6 Å². The van der Waals surface area contributed by atoms with Crippen LogP contribution in [0.3, 0.4) is 0 Å². The fourth-order valence-corrected chi connectivity index (χ4v) is 4.36. The number of hydrogen-bond acceptors (Lipinski definition) is 7. The molecule has 0 bridgehead atoms. The molecule has 8 nitrogen and oxygen atoms in total. The number of nitrogens with one attached hydrogen (secondary N) is 2. The maximum absolute atomic E-state index is 9.81. The van der Waals surface area contributed by atoms with E-state index in [0.29, 0.717) is 37.9 Å². The Kier molecular flexibility index (Phi) is 6.42. The average molecular weight is 515 g/mol. The Bertz CT molecular complexity index is 1610. The minimum absolute atomic E-state index is 0.333. The number of benzene rings is 2. The predicted molar refractivity (Wildman–Crippen MR) is 142 cm³/mol. The molecule has 3 heterocycles. The third-order valence-electron chi connectivity index (χ3n) is 5.73. The zero-order valence-electron chi connectivity index (χ0n) is 19.4. The highest BCUT2D eigenvalue weighted by Gasteiger charge is 2.20. The van der Waals surface area contributed by atoms with Crippen LogP contribution in [0.15, 0.2) is 67.3 Å². The third-order valence-corrected chi connectivity index (χ3v) is 6.43. The molecular formula is C26H20Cl2N8. The van der Waals surface area contributed by atoms with E-state index in [1.165, 1.54) is 6.20 Å². The fraction of sp³-hybridized carbons (Fsp3) is 0.115. The second-order valence-corrected chi connectivity index (χ2v) is 9.10. The van der Waals surface area contributed by atoms with Crippen LogP contribution in [0.25, 0.3) is 10.9 Å². The summed E-state index contributed by atoms with van der Waals surface area (Å²) in [6.45, 7) is 1.93. The molecule has 5 rings (SSSR count). The van der Waals surface area contributed by atoms with Crippen LogP contribution in [0.5, 0.6) is 0 Å². The lowest BCUT2D eigenvalue weighted by Gasteiger charge is -2.19. The molecule has 0 saturated carbocycles. The first kappa shape index (κ1) is 23.5. The van der Waals surface area contributed by atoms with Gasteiger partial charge in [0.1, 0.15) is 11.8 Å². The molecule has 0 aliphatic rings. The zero-order valence-corrected chi connectivity index (χ0v) is 20.9. The van der Waals surface area contributed by atoms with E-state index < -0.39 is 0 Å². The minimum Gasteiger partial charge on any atom is -0.373 e. The Balaban J connectivity index is 1.62. The molecule has 0 aliphatic carbocycles. The summed E-state index contributed by atoms with van der Waals surface area (Å²) in [4.78, 5) is 8.70. The molecule has 0 saturated heterocycles. The van der Waals surface area contributed by atoms with Gasteiger partial charge in [0.05, 0.1) is 34.0 Å². The summed E-state index contributed by atoms with van der Waals surface area (Å²) in [6.07, 6.45) is 6.85. The quantitative estimate of drug-likeness (QED) is 0.278. The Hall–Kier alpha value is -4.19. The molecule has 1 atom stereocenters. The van der Waals surface area contributed by atoms with Gasteiger partial charge < -0.3 is 10.6 Å². The first-order valence-electron chi connectivity index (χ1n) is 11.0. The molecule has 2 aromatic carbocycles. The van der Waals surface area contributed by atoms with Crippen LogP contribution in [0.1, 0.15) is 28.4 Å². The maximum atomic E-state index is 9.81. The van der Waals surface area contributed by atoms with E-state index in [4.69, 9.17) is 23.2 Å². The van der Waals surface area contributed by atoms with E-state index in [2.05, 4.69) is 37.0 Å². The summed E-state index contributed by atoms with van der Waals surface area (Å²) < 4.78 is 1.64. The van der Waals surface area contributed by atoms with Crippen LogP contribution in [-0.4, -0.2) is 25.0 Å². The monoisotopic (exact) mass is 514 g/mol. The first-order chi connectivity index (χ1) is 17.4. The van der Waals surface area contributed by atoms with Gasteiger partial charge in [-0.3, -0.25) is 14.6 Å². The largest absolute Gasteiger partial charge is 0.373 e. The van der Waals surface area contributed by atoms with E-state index in [-0.39, 0.29) is 6.04 Å². The van der Waals surface area contributed by atoms with E-state index in [9.17, 15) is 5.26 Å². The van der Waals surface area contributed by atoms with Crippen molar-refractivity contribution in [2.75, 3.05) is 10.6 Å². The van der Waals surface area contributed by atoms with Gasteiger partial charge in [-0.2, -0.15) is 5.26 Å². The average Bonchev–Trinajstić information content (AvgIpc) is 3.31. The Labute approximate surface area is 217 Å². The molecule has 0 unspecified atom stereocenters. The number of anilines is 3. The summed E-state index contributed by atoms with van der Waals surface area (Å²) >= 11 is 13.0. The lowest BCUT2D eigenvalue weighted by molar-refractivity contribution is 0.712. The normalized spacial score (nSPS) is 11.8. The van der Waals surface area contributed by atoms with E-state index in [1.54, 1.807) is 23.1 Å². The maximum Gasteiger partial charge on any atom is 0.110 e. The lowest BCUT2D eigenvalue weighted by atomic mass is 10.0. The topological polar surface area (TPSA) is 104 Å². The van der Waals surface area contributed by atoms with Crippen molar-refractivity contribution >= 4 is 51.2 Å². The molecular weight excluding hydrogens is 495 g/mol. The molecule has 178 valence electrons.